The van der Waals surface area contributed by atoms with E-state index in [2.05, 4.69) is 5.32 Å². The standard InChI is InChI=1S/C11H18N2O4/c1-4-11(2,3)7-12-10(17)13-8(14)5-6-9(15)16/h5-6H,4,7H2,1-3H3,(H,15,16)(H2,12,13,14,17)/b6-5+. The van der Waals surface area contributed by atoms with E-state index in [1.165, 1.54) is 0 Å². The van der Waals surface area contributed by atoms with Crippen LogP contribution in [0.15, 0.2) is 12.2 Å². The van der Waals surface area contributed by atoms with Gasteiger partial charge in [0.1, 0.15) is 0 Å². The molecule has 0 bridgehead atoms. The summed E-state index contributed by atoms with van der Waals surface area (Å²) in [7, 11) is 0. The van der Waals surface area contributed by atoms with Crippen molar-refractivity contribution < 1.29 is 19.5 Å². The van der Waals surface area contributed by atoms with Crippen LogP contribution in [0.5, 0.6) is 0 Å². The summed E-state index contributed by atoms with van der Waals surface area (Å²) in [5.74, 6) is -2.01. The minimum atomic E-state index is -1.24. The van der Waals surface area contributed by atoms with Crippen molar-refractivity contribution in [3.8, 4) is 0 Å². The van der Waals surface area contributed by atoms with E-state index in [1.807, 2.05) is 26.1 Å². The van der Waals surface area contributed by atoms with Crippen LogP contribution in [0.1, 0.15) is 27.2 Å². The Hall–Kier alpha value is -1.85. The molecule has 0 atom stereocenters. The van der Waals surface area contributed by atoms with Crippen molar-refractivity contribution in [2.45, 2.75) is 27.2 Å². The number of carbonyl (C=O) groups is 3. The lowest BCUT2D eigenvalue weighted by Crippen LogP contribution is -2.42. The van der Waals surface area contributed by atoms with E-state index in [4.69, 9.17) is 5.11 Å². The normalized spacial score (nSPS) is 11.2. The maximum absolute atomic E-state index is 11.2. The van der Waals surface area contributed by atoms with E-state index in [0.717, 1.165) is 12.5 Å². The number of nitrogens with one attached hydrogen (secondary N) is 2. The molecule has 0 saturated carbocycles. The Morgan fingerprint density at radius 3 is 2.29 bits per heavy atom. The summed E-state index contributed by atoms with van der Waals surface area (Å²) in [6, 6.07) is -0.633. The molecular weight excluding hydrogens is 224 g/mol. The van der Waals surface area contributed by atoms with Crippen LogP contribution in [0.2, 0.25) is 0 Å². The van der Waals surface area contributed by atoms with Crippen molar-refractivity contribution in [3.05, 3.63) is 12.2 Å². The van der Waals surface area contributed by atoms with E-state index in [-0.39, 0.29) is 5.41 Å². The summed E-state index contributed by atoms with van der Waals surface area (Å²) in [5.41, 5.74) is -0.0444. The summed E-state index contributed by atoms with van der Waals surface area (Å²) in [6.45, 7) is 6.41. The summed E-state index contributed by atoms with van der Waals surface area (Å²) >= 11 is 0. The second-order valence-corrected chi connectivity index (χ2v) is 4.36. The van der Waals surface area contributed by atoms with Crippen molar-refractivity contribution in [2.24, 2.45) is 5.41 Å². The van der Waals surface area contributed by atoms with Crippen LogP contribution in [0, 0.1) is 5.41 Å². The molecule has 0 unspecified atom stereocenters. The van der Waals surface area contributed by atoms with Gasteiger partial charge in [-0.2, -0.15) is 0 Å². The molecule has 6 heteroatoms. The fourth-order valence-electron chi connectivity index (χ4n) is 0.789. The lowest BCUT2D eigenvalue weighted by Gasteiger charge is -2.22. The third-order valence-corrected chi connectivity index (χ3v) is 2.30. The Morgan fingerprint density at radius 1 is 1.24 bits per heavy atom. The van der Waals surface area contributed by atoms with Gasteiger partial charge >= 0.3 is 12.0 Å². The number of rotatable bonds is 5. The molecule has 0 aromatic carbocycles. The summed E-state index contributed by atoms with van der Waals surface area (Å²) in [6.07, 6.45) is 2.34. The first-order chi connectivity index (χ1) is 7.76. The average molecular weight is 242 g/mol. The van der Waals surface area contributed by atoms with Crippen molar-refractivity contribution in [2.75, 3.05) is 6.54 Å². The van der Waals surface area contributed by atoms with Gasteiger partial charge in [0.05, 0.1) is 0 Å². The van der Waals surface area contributed by atoms with Crippen LogP contribution >= 0.6 is 0 Å². The van der Waals surface area contributed by atoms with E-state index in [9.17, 15) is 14.4 Å². The quantitative estimate of drug-likeness (QED) is 0.624. The molecule has 17 heavy (non-hydrogen) atoms. The van der Waals surface area contributed by atoms with Gasteiger partial charge in [-0.25, -0.2) is 9.59 Å². The number of aliphatic carboxylic acids is 1. The number of urea groups is 1. The SMILES string of the molecule is CCC(C)(C)CNC(=O)NC(=O)/C=C/C(=O)O. The molecule has 3 N–H and O–H groups in total. The largest absolute Gasteiger partial charge is 0.478 e. The Bertz CT molecular complexity index is 334. The van der Waals surface area contributed by atoms with Crippen LogP contribution in [0.25, 0.3) is 0 Å². The van der Waals surface area contributed by atoms with Gasteiger partial charge in [0.15, 0.2) is 0 Å². The minimum absolute atomic E-state index is 0.0444. The summed E-state index contributed by atoms with van der Waals surface area (Å²) in [5, 5.41) is 12.8. The Kier molecular flexibility index (Phi) is 5.95. The van der Waals surface area contributed by atoms with Gasteiger partial charge in [0, 0.05) is 18.7 Å². The molecule has 0 heterocycles. The molecule has 0 fully saturated rings. The van der Waals surface area contributed by atoms with Gasteiger partial charge in [0.2, 0.25) is 0 Å². The Labute approximate surface area is 100 Å². The second kappa shape index (κ2) is 6.67. The highest BCUT2D eigenvalue weighted by Crippen LogP contribution is 2.17. The Morgan fingerprint density at radius 2 is 1.82 bits per heavy atom. The Balaban J connectivity index is 4.03. The molecule has 0 aromatic rings. The van der Waals surface area contributed by atoms with Crippen molar-refractivity contribution >= 4 is 17.9 Å². The smallest absolute Gasteiger partial charge is 0.328 e. The molecule has 96 valence electrons. The van der Waals surface area contributed by atoms with Crippen molar-refractivity contribution in [3.63, 3.8) is 0 Å². The molecule has 0 spiro atoms. The molecule has 0 radical (unpaired) electrons. The van der Waals surface area contributed by atoms with Gasteiger partial charge in [-0.05, 0) is 11.8 Å². The molecule has 0 aromatic heterocycles. The van der Waals surface area contributed by atoms with Crippen LogP contribution in [-0.2, 0) is 9.59 Å². The first-order valence-electron chi connectivity index (χ1n) is 5.26. The highest BCUT2D eigenvalue weighted by molar-refractivity contribution is 6.02. The van der Waals surface area contributed by atoms with Crippen molar-refractivity contribution in [1.82, 2.24) is 10.6 Å². The number of carboxylic acid groups (broad SMARTS) is 1. The van der Waals surface area contributed by atoms with Gasteiger partial charge < -0.3 is 10.4 Å². The summed E-state index contributed by atoms with van der Waals surface area (Å²) in [4.78, 5) is 32.4. The molecule has 0 aliphatic carbocycles. The van der Waals surface area contributed by atoms with Gasteiger partial charge in [-0.1, -0.05) is 20.8 Å². The molecule has 0 rings (SSSR count). The summed E-state index contributed by atoms with van der Waals surface area (Å²) < 4.78 is 0. The first-order valence-corrected chi connectivity index (χ1v) is 5.26. The van der Waals surface area contributed by atoms with Crippen LogP contribution in [0.3, 0.4) is 0 Å². The lowest BCUT2D eigenvalue weighted by molar-refractivity contribution is -0.131. The van der Waals surface area contributed by atoms with E-state index >= 15 is 0 Å². The predicted octanol–water partition coefficient (Wildman–Crippen LogP) is 0.889. The minimum Gasteiger partial charge on any atom is -0.478 e. The molecule has 3 amide bonds. The first kappa shape index (κ1) is 15.2. The van der Waals surface area contributed by atoms with Gasteiger partial charge in [0.25, 0.3) is 5.91 Å². The highest BCUT2D eigenvalue weighted by atomic mass is 16.4. The number of imide groups is 1. The van der Waals surface area contributed by atoms with Crippen LogP contribution in [0.4, 0.5) is 4.79 Å². The zero-order chi connectivity index (χ0) is 13.5. The van der Waals surface area contributed by atoms with E-state index < -0.39 is 17.9 Å². The number of amides is 3. The van der Waals surface area contributed by atoms with Crippen LogP contribution in [-0.4, -0.2) is 29.6 Å². The molecule has 0 aliphatic rings. The maximum atomic E-state index is 11.2. The fourth-order valence-corrected chi connectivity index (χ4v) is 0.789. The lowest BCUT2D eigenvalue weighted by atomic mass is 9.90. The molecule has 6 nitrogen and oxygen atoms in total. The van der Waals surface area contributed by atoms with Gasteiger partial charge in [-0.15, -0.1) is 0 Å². The third kappa shape index (κ3) is 8.01. The van der Waals surface area contributed by atoms with Crippen molar-refractivity contribution in [1.29, 1.82) is 0 Å². The average Bonchev–Trinajstić information content (AvgIpc) is 2.24. The second-order valence-electron chi connectivity index (χ2n) is 4.36. The molecule has 0 saturated heterocycles. The zero-order valence-electron chi connectivity index (χ0n) is 10.2. The monoisotopic (exact) mass is 242 g/mol. The van der Waals surface area contributed by atoms with E-state index in [1.54, 1.807) is 0 Å². The zero-order valence-corrected chi connectivity index (χ0v) is 10.2. The maximum Gasteiger partial charge on any atom is 0.328 e. The highest BCUT2D eigenvalue weighted by Gasteiger charge is 2.16. The topological polar surface area (TPSA) is 95.5 Å². The number of hydrogen-bond acceptors (Lipinski definition) is 3. The molecular formula is C11H18N2O4. The predicted molar refractivity (Wildman–Crippen MR) is 62.4 cm³/mol. The number of carbonyl (C=O) groups excluding carboxylic acids is 2. The number of carboxylic acids is 1. The van der Waals surface area contributed by atoms with Crippen LogP contribution < -0.4 is 10.6 Å². The molecule has 0 aliphatic heterocycles. The fraction of sp³-hybridized carbons (Fsp3) is 0.545. The van der Waals surface area contributed by atoms with E-state index in [0.29, 0.717) is 12.6 Å². The number of hydrogen-bond donors (Lipinski definition) is 3. The third-order valence-electron chi connectivity index (χ3n) is 2.30. The van der Waals surface area contributed by atoms with Gasteiger partial charge in [-0.3, -0.25) is 10.1 Å².